The Morgan fingerprint density at radius 3 is 2.68 bits per heavy atom. The van der Waals surface area contributed by atoms with Gasteiger partial charge in [-0.25, -0.2) is 0 Å². The van der Waals surface area contributed by atoms with Gasteiger partial charge in [-0.2, -0.15) is 13.2 Å². The Morgan fingerprint density at radius 2 is 2.16 bits per heavy atom. The molecule has 2 unspecified atom stereocenters. The van der Waals surface area contributed by atoms with Gasteiger partial charge < -0.3 is 10.5 Å². The van der Waals surface area contributed by atoms with Crippen molar-refractivity contribution in [3.05, 3.63) is 34.9 Å². The van der Waals surface area contributed by atoms with Crippen molar-refractivity contribution in [1.82, 2.24) is 0 Å². The number of nitrogens with two attached hydrogens (primary N) is 1. The SMILES string of the molecule is Cc1cc(C(F)(F)F)ccc1C(N)CC1CCOC1. The van der Waals surface area contributed by atoms with Crippen molar-refractivity contribution in [2.75, 3.05) is 13.2 Å². The molecule has 19 heavy (non-hydrogen) atoms. The number of aryl methyl sites for hydroxylation is 1. The largest absolute Gasteiger partial charge is 0.416 e. The molecule has 1 aromatic rings. The van der Waals surface area contributed by atoms with Crippen molar-refractivity contribution in [3.63, 3.8) is 0 Å². The number of benzene rings is 1. The average molecular weight is 273 g/mol. The number of ether oxygens (including phenoxy) is 1. The Labute approximate surface area is 110 Å². The van der Waals surface area contributed by atoms with Gasteiger partial charge in [-0.3, -0.25) is 0 Å². The lowest BCUT2D eigenvalue weighted by Crippen LogP contribution is -2.17. The van der Waals surface area contributed by atoms with E-state index in [4.69, 9.17) is 10.5 Å². The molecule has 0 radical (unpaired) electrons. The van der Waals surface area contributed by atoms with E-state index < -0.39 is 11.7 Å². The highest BCUT2D eigenvalue weighted by atomic mass is 19.4. The van der Waals surface area contributed by atoms with Crippen LogP contribution in [0, 0.1) is 12.8 Å². The minimum atomic E-state index is -4.30. The Morgan fingerprint density at radius 1 is 1.42 bits per heavy atom. The molecule has 5 heteroatoms. The fourth-order valence-corrected chi connectivity index (χ4v) is 2.52. The molecule has 2 rings (SSSR count). The van der Waals surface area contributed by atoms with Gasteiger partial charge in [0.1, 0.15) is 0 Å². The minimum Gasteiger partial charge on any atom is -0.381 e. The van der Waals surface area contributed by atoms with Gasteiger partial charge in [0, 0.05) is 19.3 Å². The van der Waals surface area contributed by atoms with Crippen molar-refractivity contribution >= 4 is 0 Å². The second kappa shape index (κ2) is 5.51. The Hall–Kier alpha value is -1.07. The third kappa shape index (κ3) is 3.48. The van der Waals surface area contributed by atoms with Gasteiger partial charge >= 0.3 is 6.18 Å². The number of alkyl halides is 3. The topological polar surface area (TPSA) is 35.2 Å². The Balaban J connectivity index is 2.11. The zero-order chi connectivity index (χ0) is 14.0. The van der Waals surface area contributed by atoms with Gasteiger partial charge in [0.25, 0.3) is 0 Å². The van der Waals surface area contributed by atoms with Crippen LogP contribution < -0.4 is 5.73 Å². The van der Waals surface area contributed by atoms with Crippen LogP contribution in [-0.4, -0.2) is 13.2 Å². The van der Waals surface area contributed by atoms with Crippen LogP contribution in [0.1, 0.15) is 35.6 Å². The number of halogens is 3. The molecular formula is C14H18F3NO. The van der Waals surface area contributed by atoms with Crippen LogP contribution >= 0.6 is 0 Å². The molecule has 0 amide bonds. The fourth-order valence-electron chi connectivity index (χ4n) is 2.52. The number of hydrogen-bond donors (Lipinski definition) is 1. The second-order valence-corrected chi connectivity index (χ2v) is 5.14. The zero-order valence-electron chi connectivity index (χ0n) is 10.8. The van der Waals surface area contributed by atoms with Crippen LogP contribution in [0.2, 0.25) is 0 Å². The van der Waals surface area contributed by atoms with E-state index in [1.807, 2.05) is 0 Å². The molecule has 1 saturated heterocycles. The van der Waals surface area contributed by atoms with Gasteiger partial charge in [0.2, 0.25) is 0 Å². The van der Waals surface area contributed by atoms with Gasteiger partial charge in [-0.15, -0.1) is 0 Å². The molecule has 2 N–H and O–H groups in total. The van der Waals surface area contributed by atoms with Crippen molar-refractivity contribution in [1.29, 1.82) is 0 Å². The summed E-state index contributed by atoms with van der Waals surface area (Å²) in [5, 5.41) is 0. The predicted octanol–water partition coefficient (Wildman–Crippen LogP) is 3.44. The molecule has 1 aromatic carbocycles. The van der Waals surface area contributed by atoms with E-state index in [1.54, 1.807) is 6.92 Å². The third-order valence-electron chi connectivity index (χ3n) is 3.61. The lowest BCUT2D eigenvalue weighted by Gasteiger charge is -2.19. The summed E-state index contributed by atoms with van der Waals surface area (Å²) in [5.41, 5.74) is 6.87. The first-order chi connectivity index (χ1) is 8.88. The van der Waals surface area contributed by atoms with Crippen LogP contribution in [0.3, 0.4) is 0 Å². The van der Waals surface area contributed by atoms with E-state index in [1.165, 1.54) is 12.1 Å². The highest BCUT2D eigenvalue weighted by Crippen LogP contribution is 2.33. The van der Waals surface area contributed by atoms with Crippen molar-refractivity contribution < 1.29 is 17.9 Å². The minimum absolute atomic E-state index is 0.228. The maximum atomic E-state index is 12.6. The summed E-state index contributed by atoms with van der Waals surface area (Å²) < 4.78 is 43.0. The third-order valence-corrected chi connectivity index (χ3v) is 3.61. The quantitative estimate of drug-likeness (QED) is 0.915. The molecular weight excluding hydrogens is 255 g/mol. The normalized spacial score (nSPS) is 21.6. The standard InChI is InChI=1S/C14H18F3NO/c1-9-6-11(14(15,16)17)2-3-12(9)13(18)7-10-4-5-19-8-10/h2-3,6,10,13H,4-5,7-8,18H2,1H3. The van der Waals surface area contributed by atoms with E-state index in [0.29, 0.717) is 18.1 Å². The lowest BCUT2D eigenvalue weighted by atomic mass is 9.91. The van der Waals surface area contributed by atoms with Crippen molar-refractivity contribution in [2.45, 2.75) is 32.0 Å². The van der Waals surface area contributed by atoms with E-state index in [0.717, 1.165) is 31.1 Å². The molecule has 0 aliphatic carbocycles. The molecule has 1 fully saturated rings. The van der Waals surface area contributed by atoms with Gasteiger partial charge in [-0.1, -0.05) is 6.07 Å². The maximum Gasteiger partial charge on any atom is 0.416 e. The molecule has 1 aliphatic heterocycles. The van der Waals surface area contributed by atoms with Crippen LogP contribution in [0.5, 0.6) is 0 Å². The maximum absolute atomic E-state index is 12.6. The number of hydrogen-bond acceptors (Lipinski definition) is 2. The van der Waals surface area contributed by atoms with Gasteiger partial charge in [0.15, 0.2) is 0 Å². The second-order valence-electron chi connectivity index (χ2n) is 5.14. The van der Waals surface area contributed by atoms with E-state index in [2.05, 4.69) is 0 Å². The van der Waals surface area contributed by atoms with E-state index in [-0.39, 0.29) is 6.04 Å². The summed E-state index contributed by atoms with van der Waals surface area (Å²) in [6, 6.07) is 3.54. The van der Waals surface area contributed by atoms with Crippen molar-refractivity contribution in [3.8, 4) is 0 Å². The zero-order valence-corrected chi connectivity index (χ0v) is 10.8. The molecule has 0 aromatic heterocycles. The molecule has 2 nitrogen and oxygen atoms in total. The van der Waals surface area contributed by atoms with Gasteiger partial charge in [-0.05, 0) is 48.9 Å². The van der Waals surface area contributed by atoms with Crippen LogP contribution in [0.15, 0.2) is 18.2 Å². The summed E-state index contributed by atoms with van der Waals surface area (Å²) in [6.45, 7) is 3.13. The molecule has 0 bridgehead atoms. The summed E-state index contributed by atoms with van der Waals surface area (Å²) in [7, 11) is 0. The summed E-state index contributed by atoms with van der Waals surface area (Å²) in [4.78, 5) is 0. The predicted molar refractivity (Wildman–Crippen MR) is 66.7 cm³/mol. The molecule has 0 spiro atoms. The fraction of sp³-hybridized carbons (Fsp3) is 0.571. The lowest BCUT2D eigenvalue weighted by molar-refractivity contribution is -0.137. The van der Waals surface area contributed by atoms with Crippen LogP contribution in [0.4, 0.5) is 13.2 Å². The first-order valence-corrected chi connectivity index (χ1v) is 6.39. The van der Waals surface area contributed by atoms with Gasteiger partial charge in [0.05, 0.1) is 5.56 Å². The molecule has 106 valence electrons. The first kappa shape index (κ1) is 14.3. The first-order valence-electron chi connectivity index (χ1n) is 6.39. The summed E-state index contributed by atoms with van der Waals surface area (Å²) in [5.74, 6) is 0.414. The van der Waals surface area contributed by atoms with E-state index in [9.17, 15) is 13.2 Å². The Bertz CT molecular complexity index is 439. The molecule has 1 heterocycles. The molecule has 2 atom stereocenters. The molecule has 0 saturated carbocycles. The Kier molecular flexibility index (Phi) is 4.16. The summed E-state index contributed by atoms with van der Waals surface area (Å²) in [6.07, 6.45) is -2.56. The highest BCUT2D eigenvalue weighted by Gasteiger charge is 2.31. The van der Waals surface area contributed by atoms with Crippen LogP contribution in [-0.2, 0) is 10.9 Å². The number of rotatable bonds is 3. The molecule has 1 aliphatic rings. The average Bonchev–Trinajstić information content (AvgIpc) is 2.80. The smallest absolute Gasteiger partial charge is 0.381 e. The summed E-state index contributed by atoms with van der Waals surface area (Å²) >= 11 is 0. The monoisotopic (exact) mass is 273 g/mol. The van der Waals surface area contributed by atoms with E-state index >= 15 is 0 Å². The highest BCUT2D eigenvalue weighted by molar-refractivity contribution is 5.34. The van der Waals surface area contributed by atoms with Crippen molar-refractivity contribution in [2.24, 2.45) is 11.7 Å². The van der Waals surface area contributed by atoms with Crippen LogP contribution in [0.25, 0.3) is 0 Å².